The Morgan fingerprint density at radius 1 is 1.28 bits per heavy atom. The Hall–Kier alpha value is -1.54. The smallest absolute Gasteiger partial charge is 0.330 e. The van der Waals surface area contributed by atoms with Crippen LogP contribution in [0.2, 0.25) is 0 Å². The molecule has 1 unspecified atom stereocenters. The molecular weight excluding hydrogens is 408 g/mol. The first kappa shape index (κ1) is 18.3. The van der Waals surface area contributed by atoms with Crippen molar-refractivity contribution in [3.63, 3.8) is 0 Å². The maximum atomic E-state index is 12.3. The predicted molar refractivity (Wildman–Crippen MR) is 99.3 cm³/mol. The summed E-state index contributed by atoms with van der Waals surface area (Å²) >= 11 is 4.85. The minimum absolute atomic E-state index is 0.0810. The van der Waals surface area contributed by atoms with Crippen molar-refractivity contribution in [2.24, 2.45) is 0 Å². The summed E-state index contributed by atoms with van der Waals surface area (Å²) in [4.78, 5) is 36.3. The van der Waals surface area contributed by atoms with Crippen LogP contribution in [0.15, 0.2) is 28.7 Å². The van der Waals surface area contributed by atoms with E-state index in [4.69, 9.17) is 4.74 Å². The van der Waals surface area contributed by atoms with Gasteiger partial charge in [-0.3, -0.25) is 9.59 Å². The van der Waals surface area contributed by atoms with Crippen LogP contribution >= 0.6 is 27.7 Å². The van der Waals surface area contributed by atoms with Gasteiger partial charge in [0.05, 0.1) is 4.75 Å². The minimum Gasteiger partial charge on any atom is -0.454 e. The Balaban J connectivity index is 1.45. The number of carbonyl (C=O) groups is 3. The summed E-state index contributed by atoms with van der Waals surface area (Å²) in [6.07, 6.45) is 3.82. The van der Waals surface area contributed by atoms with Gasteiger partial charge in [0.1, 0.15) is 6.04 Å². The normalized spacial score (nSPS) is 21.6. The second-order valence-corrected chi connectivity index (χ2v) is 8.52. The van der Waals surface area contributed by atoms with Crippen molar-refractivity contribution >= 4 is 51.2 Å². The lowest BCUT2D eigenvalue weighted by Gasteiger charge is -2.35. The maximum Gasteiger partial charge on any atom is 0.330 e. The molecule has 1 atom stereocenters. The molecule has 0 radical (unpaired) electrons. The van der Waals surface area contributed by atoms with Crippen LogP contribution in [0.25, 0.3) is 0 Å². The fourth-order valence-corrected chi connectivity index (χ4v) is 4.79. The van der Waals surface area contributed by atoms with E-state index in [1.54, 1.807) is 24.3 Å². The highest BCUT2D eigenvalue weighted by Crippen LogP contribution is 2.44. The monoisotopic (exact) mass is 426 g/mol. The molecule has 0 bridgehead atoms. The van der Waals surface area contributed by atoms with E-state index >= 15 is 0 Å². The van der Waals surface area contributed by atoms with Gasteiger partial charge in [-0.25, -0.2) is 4.79 Å². The number of hydrogen-bond acceptors (Lipinski definition) is 5. The first-order valence-electron chi connectivity index (χ1n) is 8.15. The van der Waals surface area contributed by atoms with Gasteiger partial charge in [0.2, 0.25) is 5.91 Å². The van der Waals surface area contributed by atoms with Crippen LogP contribution in [0.4, 0.5) is 5.69 Å². The van der Waals surface area contributed by atoms with Crippen molar-refractivity contribution in [3.8, 4) is 0 Å². The van der Waals surface area contributed by atoms with Gasteiger partial charge >= 0.3 is 5.97 Å². The average molecular weight is 427 g/mol. The van der Waals surface area contributed by atoms with Crippen molar-refractivity contribution in [1.29, 1.82) is 0 Å². The van der Waals surface area contributed by atoms with Crippen LogP contribution in [0, 0.1) is 0 Å². The Bertz CT molecular complexity index is 674. The molecule has 2 fully saturated rings. The number of rotatable bonds is 4. The van der Waals surface area contributed by atoms with Gasteiger partial charge in [-0.05, 0) is 37.1 Å². The van der Waals surface area contributed by atoms with E-state index in [9.17, 15) is 14.4 Å². The highest BCUT2D eigenvalue weighted by Gasteiger charge is 2.47. The zero-order chi connectivity index (χ0) is 17.9. The quantitative estimate of drug-likeness (QED) is 0.722. The molecule has 1 aliphatic heterocycles. The SMILES string of the molecule is O=C(COC(=O)C1CSC2(CCCC2)C(=O)N1)Nc1ccc(Br)cc1. The molecule has 1 spiro atoms. The molecule has 2 N–H and O–H groups in total. The summed E-state index contributed by atoms with van der Waals surface area (Å²) in [6, 6.07) is 6.39. The molecule has 0 aromatic heterocycles. The Morgan fingerprint density at radius 2 is 1.96 bits per heavy atom. The molecular formula is C17H19BrN2O4S. The molecule has 1 heterocycles. The molecule has 1 saturated carbocycles. The van der Waals surface area contributed by atoms with Crippen LogP contribution < -0.4 is 10.6 Å². The number of halogens is 1. The summed E-state index contributed by atoms with van der Waals surface area (Å²) < 4.78 is 5.59. The highest BCUT2D eigenvalue weighted by molar-refractivity contribution is 9.10. The summed E-state index contributed by atoms with van der Waals surface area (Å²) in [5.74, 6) is -0.585. The molecule has 25 heavy (non-hydrogen) atoms. The standard InChI is InChI=1S/C17H19BrN2O4S/c18-11-3-5-12(6-4-11)19-14(21)9-24-15(22)13-10-25-17(16(23)20-13)7-1-2-8-17/h3-6,13H,1-2,7-10H2,(H,19,21)(H,20,23). The lowest BCUT2D eigenvalue weighted by Crippen LogP contribution is -2.56. The van der Waals surface area contributed by atoms with Crippen molar-refractivity contribution in [2.45, 2.75) is 36.5 Å². The molecule has 6 nitrogen and oxygen atoms in total. The van der Waals surface area contributed by atoms with Crippen LogP contribution in [-0.4, -0.2) is 40.9 Å². The van der Waals surface area contributed by atoms with Crippen molar-refractivity contribution in [3.05, 3.63) is 28.7 Å². The van der Waals surface area contributed by atoms with Crippen molar-refractivity contribution in [2.75, 3.05) is 17.7 Å². The lowest BCUT2D eigenvalue weighted by molar-refractivity contribution is -0.150. The number of ether oxygens (including phenoxy) is 1. The number of benzene rings is 1. The zero-order valence-electron chi connectivity index (χ0n) is 13.5. The van der Waals surface area contributed by atoms with E-state index in [1.807, 2.05) is 0 Å². The highest BCUT2D eigenvalue weighted by atomic mass is 79.9. The Morgan fingerprint density at radius 3 is 2.60 bits per heavy atom. The van der Waals surface area contributed by atoms with Crippen LogP contribution in [0.1, 0.15) is 25.7 Å². The number of amides is 2. The molecule has 2 aliphatic rings. The molecule has 134 valence electrons. The third kappa shape index (κ3) is 4.36. The molecule has 2 amide bonds. The fourth-order valence-electron chi connectivity index (χ4n) is 3.05. The summed E-state index contributed by atoms with van der Waals surface area (Å²) in [5.41, 5.74) is 0.619. The number of esters is 1. The van der Waals surface area contributed by atoms with Gasteiger partial charge in [0.25, 0.3) is 5.91 Å². The van der Waals surface area contributed by atoms with Crippen LogP contribution in [-0.2, 0) is 19.1 Å². The average Bonchev–Trinajstić information content (AvgIpc) is 3.07. The van der Waals surface area contributed by atoms with Crippen LogP contribution in [0.3, 0.4) is 0 Å². The number of nitrogens with one attached hydrogen (secondary N) is 2. The van der Waals surface area contributed by atoms with Gasteiger partial charge in [0.15, 0.2) is 6.61 Å². The topological polar surface area (TPSA) is 84.5 Å². The number of thioether (sulfide) groups is 1. The number of hydrogen-bond donors (Lipinski definition) is 2. The second-order valence-electron chi connectivity index (χ2n) is 6.20. The van der Waals surface area contributed by atoms with Gasteiger partial charge in [-0.15, -0.1) is 11.8 Å². The third-order valence-electron chi connectivity index (χ3n) is 4.41. The van der Waals surface area contributed by atoms with E-state index in [1.165, 1.54) is 11.8 Å². The van der Waals surface area contributed by atoms with Crippen molar-refractivity contribution in [1.82, 2.24) is 5.32 Å². The predicted octanol–water partition coefficient (Wildman–Crippen LogP) is 2.48. The first-order chi connectivity index (χ1) is 12.0. The second kappa shape index (κ2) is 7.78. The van der Waals surface area contributed by atoms with E-state index in [0.717, 1.165) is 30.2 Å². The van der Waals surface area contributed by atoms with E-state index < -0.39 is 17.9 Å². The molecule has 8 heteroatoms. The minimum atomic E-state index is -0.691. The third-order valence-corrected chi connectivity index (χ3v) is 6.59. The zero-order valence-corrected chi connectivity index (χ0v) is 16.0. The van der Waals surface area contributed by atoms with Gasteiger partial charge in [0, 0.05) is 15.9 Å². The van der Waals surface area contributed by atoms with Gasteiger partial charge in [-0.2, -0.15) is 0 Å². The maximum absolute atomic E-state index is 12.3. The summed E-state index contributed by atoms with van der Waals surface area (Å²) in [5, 5.41) is 5.40. The molecule has 1 aliphatic carbocycles. The Kier molecular flexibility index (Phi) is 5.68. The van der Waals surface area contributed by atoms with Crippen LogP contribution in [0.5, 0.6) is 0 Å². The first-order valence-corrected chi connectivity index (χ1v) is 9.93. The van der Waals surface area contributed by atoms with Crippen molar-refractivity contribution < 1.29 is 19.1 Å². The lowest BCUT2D eigenvalue weighted by atomic mass is 10.1. The number of anilines is 1. The van der Waals surface area contributed by atoms with Gasteiger partial charge in [-0.1, -0.05) is 28.8 Å². The molecule has 1 aromatic rings. The fraction of sp³-hybridized carbons (Fsp3) is 0.471. The number of carbonyl (C=O) groups excluding carboxylic acids is 3. The molecule has 3 rings (SSSR count). The largest absolute Gasteiger partial charge is 0.454 e. The summed E-state index contributed by atoms with van der Waals surface area (Å²) in [7, 11) is 0. The molecule has 1 saturated heterocycles. The van der Waals surface area contributed by atoms with E-state index in [0.29, 0.717) is 11.4 Å². The summed E-state index contributed by atoms with van der Waals surface area (Å²) in [6.45, 7) is -0.378. The van der Waals surface area contributed by atoms with E-state index in [2.05, 4.69) is 26.6 Å². The molecule has 1 aromatic carbocycles. The Labute approximate surface area is 158 Å². The van der Waals surface area contributed by atoms with E-state index in [-0.39, 0.29) is 17.3 Å². The van der Waals surface area contributed by atoms with Gasteiger partial charge < -0.3 is 15.4 Å².